The standard InChI is InChI=1S/C16H18BrN3/c1-10(2)12-4-3-5-13(8-12)18-15-9-14(17)19-16(20-15)11-6-7-11/h3-5,8-11H,6-7H2,1-2H3,(H,18,19,20). The summed E-state index contributed by atoms with van der Waals surface area (Å²) in [5.41, 5.74) is 2.40. The lowest BCUT2D eigenvalue weighted by molar-refractivity contribution is 0.867. The van der Waals surface area contributed by atoms with Gasteiger partial charge in [0, 0.05) is 17.7 Å². The van der Waals surface area contributed by atoms with E-state index >= 15 is 0 Å². The molecule has 3 nitrogen and oxygen atoms in total. The maximum atomic E-state index is 4.61. The van der Waals surface area contributed by atoms with Gasteiger partial charge in [0.1, 0.15) is 16.2 Å². The molecule has 1 aliphatic rings. The molecular formula is C16H18BrN3. The fourth-order valence-corrected chi connectivity index (χ4v) is 2.55. The second kappa shape index (κ2) is 5.52. The zero-order chi connectivity index (χ0) is 14.1. The zero-order valence-electron chi connectivity index (χ0n) is 11.7. The van der Waals surface area contributed by atoms with Crippen LogP contribution in [0.5, 0.6) is 0 Å². The third-order valence-corrected chi connectivity index (χ3v) is 3.89. The summed E-state index contributed by atoms with van der Waals surface area (Å²) in [5, 5.41) is 3.38. The Hall–Kier alpha value is -1.42. The topological polar surface area (TPSA) is 37.8 Å². The lowest BCUT2D eigenvalue weighted by Gasteiger charge is -2.11. The molecule has 1 fully saturated rings. The minimum atomic E-state index is 0.524. The first-order valence-corrected chi connectivity index (χ1v) is 7.82. The highest BCUT2D eigenvalue weighted by Crippen LogP contribution is 2.39. The SMILES string of the molecule is CC(C)c1cccc(Nc2cc(Br)nc(C3CC3)n2)c1. The van der Waals surface area contributed by atoms with Crippen molar-refractivity contribution in [3.8, 4) is 0 Å². The van der Waals surface area contributed by atoms with Gasteiger partial charge in [-0.3, -0.25) is 0 Å². The van der Waals surface area contributed by atoms with Gasteiger partial charge in [0.25, 0.3) is 0 Å². The molecule has 1 saturated carbocycles. The molecule has 0 saturated heterocycles. The van der Waals surface area contributed by atoms with Crippen LogP contribution in [-0.4, -0.2) is 9.97 Å². The van der Waals surface area contributed by atoms with E-state index in [1.54, 1.807) is 0 Å². The molecule has 4 heteroatoms. The zero-order valence-corrected chi connectivity index (χ0v) is 13.3. The maximum absolute atomic E-state index is 4.61. The number of anilines is 2. The molecule has 0 bridgehead atoms. The van der Waals surface area contributed by atoms with Crippen LogP contribution in [0.3, 0.4) is 0 Å². The van der Waals surface area contributed by atoms with Crippen LogP contribution in [0.1, 0.15) is 49.9 Å². The largest absolute Gasteiger partial charge is 0.340 e. The second-order valence-electron chi connectivity index (χ2n) is 5.61. The molecule has 1 heterocycles. The van der Waals surface area contributed by atoms with E-state index in [1.165, 1.54) is 18.4 Å². The van der Waals surface area contributed by atoms with Crippen molar-refractivity contribution in [2.45, 2.75) is 38.5 Å². The van der Waals surface area contributed by atoms with E-state index in [1.807, 2.05) is 6.07 Å². The van der Waals surface area contributed by atoms with Gasteiger partial charge in [-0.25, -0.2) is 9.97 Å². The summed E-state index contributed by atoms with van der Waals surface area (Å²) in [6, 6.07) is 10.4. The first-order chi connectivity index (χ1) is 9.61. The number of nitrogens with one attached hydrogen (secondary N) is 1. The lowest BCUT2D eigenvalue weighted by Crippen LogP contribution is -2.00. The Labute approximate surface area is 128 Å². The third-order valence-electron chi connectivity index (χ3n) is 3.48. The van der Waals surface area contributed by atoms with Gasteiger partial charge in [-0.1, -0.05) is 26.0 Å². The Bertz CT molecular complexity index is 621. The highest BCUT2D eigenvalue weighted by molar-refractivity contribution is 9.10. The number of rotatable bonds is 4. The molecule has 0 atom stereocenters. The minimum absolute atomic E-state index is 0.524. The Kier molecular flexibility index (Phi) is 3.74. The molecule has 1 N–H and O–H groups in total. The molecule has 0 aliphatic heterocycles. The van der Waals surface area contributed by atoms with Crippen molar-refractivity contribution in [2.24, 2.45) is 0 Å². The molecular weight excluding hydrogens is 314 g/mol. The Balaban J connectivity index is 1.85. The summed E-state index contributed by atoms with van der Waals surface area (Å²) in [5.74, 6) is 2.88. The monoisotopic (exact) mass is 331 g/mol. The van der Waals surface area contributed by atoms with Gasteiger partial charge in [-0.15, -0.1) is 0 Å². The van der Waals surface area contributed by atoms with E-state index < -0.39 is 0 Å². The van der Waals surface area contributed by atoms with Crippen molar-refractivity contribution in [3.63, 3.8) is 0 Å². The normalized spacial score (nSPS) is 14.6. The van der Waals surface area contributed by atoms with Crippen molar-refractivity contribution in [1.29, 1.82) is 0 Å². The van der Waals surface area contributed by atoms with Gasteiger partial charge in [0.05, 0.1) is 0 Å². The van der Waals surface area contributed by atoms with E-state index in [0.717, 1.165) is 21.9 Å². The van der Waals surface area contributed by atoms with Gasteiger partial charge in [-0.05, 0) is 52.4 Å². The number of benzene rings is 1. The molecule has 20 heavy (non-hydrogen) atoms. The van der Waals surface area contributed by atoms with Crippen LogP contribution in [0.25, 0.3) is 0 Å². The smallest absolute Gasteiger partial charge is 0.135 e. The van der Waals surface area contributed by atoms with Crippen molar-refractivity contribution in [3.05, 3.63) is 46.3 Å². The van der Waals surface area contributed by atoms with Crippen LogP contribution >= 0.6 is 15.9 Å². The van der Waals surface area contributed by atoms with Crippen molar-refractivity contribution in [2.75, 3.05) is 5.32 Å². The van der Waals surface area contributed by atoms with Crippen LogP contribution in [0.2, 0.25) is 0 Å². The summed E-state index contributed by atoms with van der Waals surface area (Å²) >= 11 is 3.47. The van der Waals surface area contributed by atoms with Crippen LogP contribution in [0.4, 0.5) is 11.5 Å². The van der Waals surface area contributed by atoms with Crippen molar-refractivity contribution < 1.29 is 0 Å². The molecule has 1 aromatic carbocycles. The number of halogens is 1. The van der Waals surface area contributed by atoms with Gasteiger partial charge in [0.15, 0.2) is 0 Å². The van der Waals surface area contributed by atoms with E-state index in [9.17, 15) is 0 Å². The highest BCUT2D eigenvalue weighted by Gasteiger charge is 2.27. The summed E-state index contributed by atoms with van der Waals surface area (Å²) in [6.07, 6.45) is 2.41. The van der Waals surface area contributed by atoms with Crippen LogP contribution in [-0.2, 0) is 0 Å². The van der Waals surface area contributed by atoms with Crippen LogP contribution in [0, 0.1) is 0 Å². The summed E-state index contributed by atoms with van der Waals surface area (Å²) in [7, 11) is 0. The lowest BCUT2D eigenvalue weighted by atomic mass is 10.0. The molecule has 0 unspecified atom stereocenters. The number of hydrogen-bond acceptors (Lipinski definition) is 3. The first-order valence-electron chi connectivity index (χ1n) is 7.03. The fraction of sp³-hybridized carbons (Fsp3) is 0.375. The third kappa shape index (κ3) is 3.18. The van der Waals surface area contributed by atoms with Gasteiger partial charge in [-0.2, -0.15) is 0 Å². The summed E-state index contributed by atoms with van der Waals surface area (Å²) in [4.78, 5) is 9.06. The predicted octanol–water partition coefficient (Wildman–Crippen LogP) is 4.98. The van der Waals surface area contributed by atoms with Crippen LogP contribution in [0.15, 0.2) is 34.9 Å². The second-order valence-corrected chi connectivity index (χ2v) is 6.43. The highest BCUT2D eigenvalue weighted by atomic mass is 79.9. The minimum Gasteiger partial charge on any atom is -0.340 e. The fourth-order valence-electron chi connectivity index (χ4n) is 2.15. The number of nitrogens with zero attached hydrogens (tertiary/aromatic N) is 2. The Morgan fingerprint density at radius 3 is 2.70 bits per heavy atom. The Morgan fingerprint density at radius 2 is 2.00 bits per heavy atom. The summed E-state index contributed by atoms with van der Waals surface area (Å²) in [6.45, 7) is 4.40. The van der Waals surface area contributed by atoms with Crippen molar-refractivity contribution in [1.82, 2.24) is 9.97 Å². The van der Waals surface area contributed by atoms with Gasteiger partial charge >= 0.3 is 0 Å². The molecule has 0 radical (unpaired) electrons. The molecule has 0 amide bonds. The van der Waals surface area contributed by atoms with Crippen LogP contribution < -0.4 is 5.32 Å². The molecule has 1 aromatic heterocycles. The molecule has 104 valence electrons. The molecule has 1 aliphatic carbocycles. The van der Waals surface area contributed by atoms with E-state index in [0.29, 0.717) is 11.8 Å². The Morgan fingerprint density at radius 1 is 1.20 bits per heavy atom. The van der Waals surface area contributed by atoms with E-state index in [2.05, 4.69) is 69.3 Å². The molecule has 3 rings (SSSR count). The molecule has 2 aromatic rings. The van der Waals surface area contributed by atoms with E-state index in [4.69, 9.17) is 0 Å². The first kappa shape index (κ1) is 13.6. The van der Waals surface area contributed by atoms with E-state index in [-0.39, 0.29) is 0 Å². The number of aromatic nitrogens is 2. The average Bonchev–Trinajstić information content (AvgIpc) is 3.22. The van der Waals surface area contributed by atoms with Crippen molar-refractivity contribution >= 4 is 27.4 Å². The average molecular weight is 332 g/mol. The van der Waals surface area contributed by atoms with Gasteiger partial charge < -0.3 is 5.32 Å². The predicted molar refractivity (Wildman–Crippen MR) is 85.5 cm³/mol. The molecule has 0 spiro atoms. The maximum Gasteiger partial charge on any atom is 0.135 e. The quantitative estimate of drug-likeness (QED) is 0.802. The van der Waals surface area contributed by atoms with Gasteiger partial charge in [0.2, 0.25) is 0 Å². The number of hydrogen-bond donors (Lipinski definition) is 1. The summed E-state index contributed by atoms with van der Waals surface area (Å²) < 4.78 is 0.844.